The summed E-state index contributed by atoms with van der Waals surface area (Å²) in [5.74, 6) is 1.31. The fraction of sp³-hybridized carbons (Fsp3) is 0.300. The Labute approximate surface area is 101 Å². The quantitative estimate of drug-likeness (QED) is 0.931. The van der Waals surface area contributed by atoms with E-state index in [1.165, 1.54) is 0 Å². The van der Waals surface area contributed by atoms with Crippen molar-refractivity contribution in [1.82, 2.24) is 15.1 Å². The largest absolute Gasteiger partial charge is 0.383 e. The van der Waals surface area contributed by atoms with Crippen molar-refractivity contribution in [2.45, 2.75) is 13.3 Å². The zero-order chi connectivity index (χ0) is 11.4. The molecule has 0 spiro atoms. The zero-order valence-electron chi connectivity index (χ0n) is 8.77. The van der Waals surface area contributed by atoms with Crippen molar-refractivity contribution < 1.29 is 4.52 Å². The van der Waals surface area contributed by atoms with Gasteiger partial charge in [0.2, 0.25) is 5.89 Å². The summed E-state index contributed by atoms with van der Waals surface area (Å²) in [6, 6.07) is 1.97. The number of pyridine rings is 1. The number of halogens is 1. The fourth-order valence-electron chi connectivity index (χ4n) is 1.27. The standard InChI is InChI=1S/C10H11BrN4O/c1-7-14-10(15-16-7)2-3-13-9-4-8(11)5-12-6-9/h4-6,13H,2-3H2,1H3. The van der Waals surface area contributed by atoms with Crippen LogP contribution in [-0.4, -0.2) is 21.7 Å². The third kappa shape index (κ3) is 3.03. The highest BCUT2D eigenvalue weighted by atomic mass is 79.9. The predicted molar refractivity (Wildman–Crippen MR) is 63.2 cm³/mol. The number of aryl methyl sites for hydroxylation is 1. The molecular weight excluding hydrogens is 272 g/mol. The van der Waals surface area contributed by atoms with Crippen LogP contribution >= 0.6 is 15.9 Å². The summed E-state index contributed by atoms with van der Waals surface area (Å²) in [6.07, 6.45) is 4.24. The monoisotopic (exact) mass is 282 g/mol. The van der Waals surface area contributed by atoms with Gasteiger partial charge in [-0.25, -0.2) is 0 Å². The minimum absolute atomic E-state index is 0.596. The second-order valence-electron chi connectivity index (χ2n) is 3.30. The van der Waals surface area contributed by atoms with Crippen LogP contribution in [0.1, 0.15) is 11.7 Å². The summed E-state index contributed by atoms with van der Waals surface area (Å²) in [5, 5.41) is 7.04. The van der Waals surface area contributed by atoms with Gasteiger partial charge in [-0.05, 0) is 22.0 Å². The van der Waals surface area contributed by atoms with Crippen molar-refractivity contribution in [1.29, 1.82) is 0 Å². The topological polar surface area (TPSA) is 63.8 Å². The van der Waals surface area contributed by atoms with Gasteiger partial charge in [0, 0.05) is 30.6 Å². The number of rotatable bonds is 4. The van der Waals surface area contributed by atoms with Crippen LogP contribution < -0.4 is 5.32 Å². The van der Waals surface area contributed by atoms with Gasteiger partial charge in [0.1, 0.15) is 0 Å². The van der Waals surface area contributed by atoms with Crippen molar-refractivity contribution in [3.63, 3.8) is 0 Å². The maximum Gasteiger partial charge on any atom is 0.223 e. The molecule has 0 amide bonds. The van der Waals surface area contributed by atoms with E-state index in [1.54, 1.807) is 19.3 Å². The Bertz CT molecular complexity index is 471. The third-order valence-electron chi connectivity index (χ3n) is 1.95. The maximum atomic E-state index is 4.88. The molecule has 84 valence electrons. The summed E-state index contributed by atoms with van der Waals surface area (Å²) in [7, 11) is 0. The molecule has 2 aromatic rings. The summed E-state index contributed by atoms with van der Waals surface area (Å²) < 4.78 is 5.83. The number of hydrogen-bond acceptors (Lipinski definition) is 5. The Kier molecular flexibility index (Phi) is 3.51. The van der Waals surface area contributed by atoms with Crippen LogP contribution in [0.25, 0.3) is 0 Å². The van der Waals surface area contributed by atoms with Gasteiger partial charge >= 0.3 is 0 Å². The minimum atomic E-state index is 0.596. The van der Waals surface area contributed by atoms with E-state index in [4.69, 9.17) is 4.52 Å². The first kappa shape index (κ1) is 11.1. The Morgan fingerprint density at radius 1 is 1.44 bits per heavy atom. The zero-order valence-corrected chi connectivity index (χ0v) is 10.4. The Balaban J connectivity index is 1.84. The molecule has 2 heterocycles. The molecule has 0 aliphatic heterocycles. The predicted octanol–water partition coefficient (Wildman–Crippen LogP) is 2.19. The van der Waals surface area contributed by atoms with Crippen LogP contribution in [0.15, 0.2) is 27.5 Å². The lowest BCUT2D eigenvalue weighted by Gasteiger charge is -2.03. The average Bonchev–Trinajstić information content (AvgIpc) is 2.64. The lowest BCUT2D eigenvalue weighted by molar-refractivity contribution is 0.387. The van der Waals surface area contributed by atoms with Gasteiger partial charge in [-0.3, -0.25) is 4.98 Å². The number of anilines is 1. The van der Waals surface area contributed by atoms with E-state index in [-0.39, 0.29) is 0 Å². The van der Waals surface area contributed by atoms with Crippen LogP contribution in [0.2, 0.25) is 0 Å². The van der Waals surface area contributed by atoms with E-state index in [1.807, 2.05) is 6.07 Å². The van der Waals surface area contributed by atoms with Crippen LogP contribution in [0.4, 0.5) is 5.69 Å². The number of nitrogens with one attached hydrogen (secondary N) is 1. The van der Waals surface area contributed by atoms with Crippen molar-refractivity contribution >= 4 is 21.6 Å². The summed E-state index contributed by atoms with van der Waals surface area (Å²) >= 11 is 3.36. The van der Waals surface area contributed by atoms with Crippen LogP contribution in [0.5, 0.6) is 0 Å². The normalized spacial score (nSPS) is 10.4. The van der Waals surface area contributed by atoms with Gasteiger partial charge in [0.15, 0.2) is 5.82 Å². The van der Waals surface area contributed by atoms with E-state index in [9.17, 15) is 0 Å². The Morgan fingerprint density at radius 3 is 3.00 bits per heavy atom. The Morgan fingerprint density at radius 2 is 2.31 bits per heavy atom. The molecular formula is C10H11BrN4O. The molecule has 0 saturated heterocycles. The third-order valence-corrected chi connectivity index (χ3v) is 2.39. The Hall–Kier alpha value is -1.43. The first-order valence-electron chi connectivity index (χ1n) is 4.87. The second kappa shape index (κ2) is 5.07. The SMILES string of the molecule is Cc1nc(CCNc2cncc(Br)c2)no1. The van der Waals surface area contributed by atoms with Gasteiger partial charge in [0.05, 0.1) is 11.9 Å². The van der Waals surface area contributed by atoms with Gasteiger partial charge in [-0.2, -0.15) is 4.98 Å². The summed E-state index contributed by atoms with van der Waals surface area (Å²) in [6.45, 7) is 2.53. The molecule has 5 nitrogen and oxygen atoms in total. The van der Waals surface area contributed by atoms with E-state index in [0.29, 0.717) is 11.7 Å². The van der Waals surface area contributed by atoms with Crippen molar-refractivity contribution in [3.8, 4) is 0 Å². The molecule has 0 radical (unpaired) electrons. The summed E-state index contributed by atoms with van der Waals surface area (Å²) in [4.78, 5) is 8.17. The second-order valence-corrected chi connectivity index (χ2v) is 4.21. The van der Waals surface area contributed by atoms with Crippen LogP contribution in [0.3, 0.4) is 0 Å². The molecule has 0 saturated carbocycles. The van der Waals surface area contributed by atoms with E-state index < -0.39 is 0 Å². The highest BCUT2D eigenvalue weighted by Gasteiger charge is 2.01. The van der Waals surface area contributed by atoms with Gasteiger partial charge in [-0.15, -0.1) is 0 Å². The summed E-state index contributed by atoms with van der Waals surface area (Å²) in [5.41, 5.74) is 0.967. The molecule has 0 atom stereocenters. The van der Waals surface area contributed by atoms with Crippen LogP contribution in [-0.2, 0) is 6.42 Å². The molecule has 0 unspecified atom stereocenters. The fourth-order valence-corrected chi connectivity index (χ4v) is 1.63. The van der Waals surface area contributed by atoms with E-state index in [2.05, 4.69) is 36.4 Å². The lowest BCUT2D eigenvalue weighted by Crippen LogP contribution is -2.06. The van der Waals surface area contributed by atoms with E-state index >= 15 is 0 Å². The van der Waals surface area contributed by atoms with Gasteiger partial charge < -0.3 is 9.84 Å². The van der Waals surface area contributed by atoms with Gasteiger partial charge in [-0.1, -0.05) is 5.16 Å². The highest BCUT2D eigenvalue weighted by Crippen LogP contribution is 2.13. The molecule has 0 aromatic carbocycles. The average molecular weight is 283 g/mol. The van der Waals surface area contributed by atoms with Crippen LogP contribution in [0, 0.1) is 6.92 Å². The molecule has 0 aliphatic rings. The molecule has 6 heteroatoms. The molecule has 16 heavy (non-hydrogen) atoms. The van der Waals surface area contributed by atoms with Gasteiger partial charge in [0.25, 0.3) is 0 Å². The smallest absolute Gasteiger partial charge is 0.223 e. The lowest BCUT2D eigenvalue weighted by atomic mass is 10.3. The first-order chi connectivity index (χ1) is 7.74. The number of aromatic nitrogens is 3. The highest BCUT2D eigenvalue weighted by molar-refractivity contribution is 9.10. The maximum absolute atomic E-state index is 4.88. The van der Waals surface area contributed by atoms with Crippen molar-refractivity contribution in [3.05, 3.63) is 34.6 Å². The number of hydrogen-bond donors (Lipinski definition) is 1. The first-order valence-corrected chi connectivity index (χ1v) is 5.67. The molecule has 1 N–H and O–H groups in total. The molecule has 0 bridgehead atoms. The minimum Gasteiger partial charge on any atom is -0.383 e. The molecule has 2 aromatic heterocycles. The van der Waals surface area contributed by atoms with E-state index in [0.717, 1.165) is 23.1 Å². The molecule has 0 aliphatic carbocycles. The van der Waals surface area contributed by atoms with Crippen molar-refractivity contribution in [2.24, 2.45) is 0 Å². The molecule has 2 rings (SSSR count). The molecule has 0 fully saturated rings. The van der Waals surface area contributed by atoms with Crippen molar-refractivity contribution in [2.75, 3.05) is 11.9 Å². The number of nitrogens with zero attached hydrogens (tertiary/aromatic N) is 3.